The number of nitrogens with zero attached hydrogens (tertiary/aromatic N) is 2. The lowest BCUT2D eigenvalue weighted by atomic mass is 9.98. The van der Waals surface area contributed by atoms with E-state index in [-0.39, 0.29) is 12.4 Å². The monoisotopic (exact) mass is 297 g/mol. The summed E-state index contributed by atoms with van der Waals surface area (Å²) in [6.07, 6.45) is 3.46. The summed E-state index contributed by atoms with van der Waals surface area (Å²) in [5, 5.41) is 3.26. The summed E-state index contributed by atoms with van der Waals surface area (Å²) < 4.78 is 24.7. The zero-order chi connectivity index (χ0) is 12.5. The van der Waals surface area contributed by atoms with Crippen molar-refractivity contribution in [1.29, 1.82) is 0 Å². The summed E-state index contributed by atoms with van der Waals surface area (Å²) in [6, 6.07) is 0.642. The van der Waals surface area contributed by atoms with Crippen LogP contribution in [0.5, 0.6) is 0 Å². The quantitative estimate of drug-likeness (QED) is 0.793. The average molecular weight is 298 g/mol. The van der Waals surface area contributed by atoms with E-state index in [1.54, 1.807) is 4.31 Å². The van der Waals surface area contributed by atoms with Crippen LogP contribution >= 0.6 is 12.4 Å². The van der Waals surface area contributed by atoms with E-state index in [9.17, 15) is 8.42 Å². The van der Waals surface area contributed by atoms with E-state index in [1.165, 1.54) is 6.26 Å². The second-order valence-electron chi connectivity index (χ2n) is 5.38. The highest BCUT2D eigenvalue weighted by atomic mass is 35.5. The number of nitrogens with one attached hydrogen (secondary N) is 1. The van der Waals surface area contributed by atoms with Gasteiger partial charge < -0.3 is 10.2 Å². The molecule has 2 heterocycles. The van der Waals surface area contributed by atoms with E-state index in [0.29, 0.717) is 25.0 Å². The lowest BCUT2D eigenvalue weighted by molar-refractivity contribution is 0.132. The average Bonchev–Trinajstić information content (AvgIpc) is 2.13. The fraction of sp³-hybridized carbons (Fsp3) is 1.00. The molecular weight excluding hydrogens is 274 g/mol. The zero-order valence-corrected chi connectivity index (χ0v) is 12.8. The highest BCUT2D eigenvalue weighted by Crippen LogP contribution is 2.20. The van der Waals surface area contributed by atoms with Gasteiger partial charge in [0.25, 0.3) is 0 Å². The molecule has 1 N–H and O–H groups in total. The van der Waals surface area contributed by atoms with Gasteiger partial charge in [-0.05, 0) is 25.8 Å². The molecule has 0 spiro atoms. The van der Waals surface area contributed by atoms with E-state index >= 15 is 0 Å². The lowest BCUT2D eigenvalue weighted by Gasteiger charge is -2.39. The molecule has 5 nitrogen and oxygen atoms in total. The predicted molar refractivity (Wildman–Crippen MR) is 75.7 cm³/mol. The third kappa shape index (κ3) is 4.06. The normalized spacial score (nSPS) is 26.7. The van der Waals surface area contributed by atoms with Gasteiger partial charge in [-0.25, -0.2) is 12.7 Å². The number of halogens is 1. The van der Waals surface area contributed by atoms with Gasteiger partial charge in [0, 0.05) is 38.8 Å². The minimum atomic E-state index is -3.00. The molecule has 2 fully saturated rings. The molecule has 1 atom stereocenters. The molecule has 108 valence electrons. The summed E-state index contributed by atoms with van der Waals surface area (Å²) in [5.74, 6) is 0.490. The van der Waals surface area contributed by atoms with Crippen molar-refractivity contribution in [2.45, 2.75) is 18.9 Å². The summed E-state index contributed by atoms with van der Waals surface area (Å²) in [4.78, 5) is 2.37. The van der Waals surface area contributed by atoms with Gasteiger partial charge in [-0.15, -0.1) is 12.4 Å². The Labute approximate surface area is 116 Å². The highest BCUT2D eigenvalue weighted by Gasteiger charge is 2.29. The van der Waals surface area contributed by atoms with Crippen molar-refractivity contribution in [2.75, 3.05) is 46.0 Å². The van der Waals surface area contributed by atoms with Crippen molar-refractivity contribution in [2.24, 2.45) is 5.92 Å². The fourth-order valence-corrected chi connectivity index (χ4v) is 3.56. The molecule has 2 aliphatic rings. The van der Waals surface area contributed by atoms with Crippen LogP contribution in [0.4, 0.5) is 0 Å². The Balaban J connectivity index is 0.00000162. The third-order valence-corrected chi connectivity index (χ3v) is 5.15. The maximum absolute atomic E-state index is 11.5. The first-order chi connectivity index (χ1) is 7.97. The predicted octanol–water partition coefficient (Wildman–Crippen LogP) is -0.0166. The summed E-state index contributed by atoms with van der Waals surface area (Å²) in [7, 11) is -0.860. The van der Waals surface area contributed by atoms with E-state index < -0.39 is 10.0 Å². The van der Waals surface area contributed by atoms with Crippen molar-refractivity contribution in [3.63, 3.8) is 0 Å². The van der Waals surface area contributed by atoms with Crippen LogP contribution in [0.25, 0.3) is 0 Å². The molecule has 0 aromatic rings. The Hall–Kier alpha value is 0.120. The van der Waals surface area contributed by atoms with E-state index in [0.717, 1.165) is 32.5 Å². The van der Waals surface area contributed by atoms with Crippen LogP contribution in [0.15, 0.2) is 0 Å². The lowest BCUT2D eigenvalue weighted by Crippen LogP contribution is -2.57. The SMILES string of the molecule is CN(CC1CCCN(S(C)(=O)=O)C1)C1CNC1.Cl. The summed E-state index contributed by atoms with van der Waals surface area (Å²) >= 11 is 0. The first-order valence-electron chi connectivity index (χ1n) is 6.33. The van der Waals surface area contributed by atoms with Crippen LogP contribution in [0.2, 0.25) is 0 Å². The van der Waals surface area contributed by atoms with E-state index in [1.807, 2.05) is 0 Å². The molecule has 0 radical (unpaired) electrons. The maximum atomic E-state index is 11.5. The molecule has 2 rings (SSSR count). The summed E-state index contributed by atoms with van der Waals surface area (Å²) in [5.41, 5.74) is 0. The van der Waals surface area contributed by atoms with Gasteiger partial charge in [-0.1, -0.05) is 0 Å². The van der Waals surface area contributed by atoms with Crippen molar-refractivity contribution in [1.82, 2.24) is 14.5 Å². The largest absolute Gasteiger partial charge is 0.314 e. The second kappa shape index (κ2) is 6.52. The molecule has 0 aromatic heterocycles. The Morgan fingerprint density at radius 1 is 1.39 bits per heavy atom. The van der Waals surface area contributed by atoms with Crippen molar-refractivity contribution >= 4 is 22.4 Å². The number of piperidine rings is 1. The molecule has 18 heavy (non-hydrogen) atoms. The molecular formula is C11H24ClN3O2S. The third-order valence-electron chi connectivity index (χ3n) is 3.88. The van der Waals surface area contributed by atoms with Crippen molar-refractivity contribution in [3.8, 4) is 0 Å². The van der Waals surface area contributed by atoms with Crippen LogP contribution in [0.3, 0.4) is 0 Å². The van der Waals surface area contributed by atoms with Gasteiger partial charge in [0.1, 0.15) is 0 Å². The Kier molecular flexibility index (Phi) is 5.86. The number of likely N-dealkylation sites (N-methyl/N-ethyl adjacent to an activating group) is 1. The van der Waals surface area contributed by atoms with Crippen LogP contribution < -0.4 is 5.32 Å². The van der Waals surface area contributed by atoms with Gasteiger partial charge in [0.15, 0.2) is 0 Å². The van der Waals surface area contributed by atoms with Crippen molar-refractivity contribution in [3.05, 3.63) is 0 Å². The Morgan fingerprint density at radius 2 is 2.06 bits per heavy atom. The molecule has 7 heteroatoms. The van der Waals surface area contributed by atoms with E-state index in [4.69, 9.17) is 0 Å². The smallest absolute Gasteiger partial charge is 0.211 e. The number of rotatable bonds is 4. The molecule has 0 saturated carbocycles. The molecule has 1 unspecified atom stereocenters. The molecule has 2 aliphatic heterocycles. The highest BCUT2D eigenvalue weighted by molar-refractivity contribution is 7.88. The molecule has 2 saturated heterocycles. The Bertz CT molecular complexity index is 359. The number of hydrogen-bond donors (Lipinski definition) is 1. The van der Waals surface area contributed by atoms with Crippen molar-refractivity contribution < 1.29 is 8.42 Å². The van der Waals surface area contributed by atoms with Crippen LogP contribution in [-0.2, 0) is 10.0 Å². The molecule has 0 amide bonds. The second-order valence-corrected chi connectivity index (χ2v) is 7.36. The number of sulfonamides is 1. The zero-order valence-electron chi connectivity index (χ0n) is 11.1. The standard InChI is InChI=1S/C11H23N3O2S.ClH/c1-13(11-6-12-7-11)8-10-4-3-5-14(9-10)17(2,15)16;/h10-12H,3-9H2,1-2H3;1H. The van der Waals surface area contributed by atoms with Gasteiger partial charge in [-0.2, -0.15) is 0 Å². The first kappa shape index (κ1) is 16.2. The first-order valence-corrected chi connectivity index (χ1v) is 8.17. The van der Waals surface area contributed by atoms with Gasteiger partial charge in [-0.3, -0.25) is 0 Å². The summed E-state index contributed by atoms with van der Waals surface area (Å²) in [6.45, 7) is 4.55. The molecule has 0 aromatic carbocycles. The molecule has 0 bridgehead atoms. The van der Waals surface area contributed by atoms with Crippen LogP contribution in [0.1, 0.15) is 12.8 Å². The van der Waals surface area contributed by atoms with E-state index in [2.05, 4.69) is 17.3 Å². The van der Waals surface area contributed by atoms with Gasteiger partial charge in [0.05, 0.1) is 6.26 Å². The number of hydrogen-bond acceptors (Lipinski definition) is 4. The Morgan fingerprint density at radius 3 is 2.56 bits per heavy atom. The minimum absolute atomic E-state index is 0. The molecule has 0 aliphatic carbocycles. The maximum Gasteiger partial charge on any atom is 0.211 e. The minimum Gasteiger partial charge on any atom is -0.314 e. The van der Waals surface area contributed by atoms with Crippen LogP contribution in [-0.4, -0.2) is 69.7 Å². The van der Waals surface area contributed by atoms with Gasteiger partial charge in [0.2, 0.25) is 10.0 Å². The van der Waals surface area contributed by atoms with Gasteiger partial charge >= 0.3 is 0 Å². The topological polar surface area (TPSA) is 52.7 Å². The van der Waals surface area contributed by atoms with Crippen LogP contribution in [0, 0.1) is 5.92 Å². The fourth-order valence-electron chi connectivity index (χ4n) is 2.62.